The van der Waals surface area contributed by atoms with Crippen molar-refractivity contribution in [2.45, 2.75) is 19.0 Å². The van der Waals surface area contributed by atoms with Gasteiger partial charge in [0.2, 0.25) is 0 Å². The maximum Gasteiger partial charge on any atom is 0.261 e. The summed E-state index contributed by atoms with van der Waals surface area (Å²) in [7, 11) is 0. The number of fused-ring (bicyclic) bond motifs is 1. The monoisotopic (exact) mass is 306 g/mol. The maximum absolute atomic E-state index is 12.7. The lowest BCUT2D eigenvalue weighted by Crippen LogP contribution is -2.28. The van der Waals surface area contributed by atoms with Crippen molar-refractivity contribution in [3.8, 4) is 0 Å². The second-order valence-electron chi connectivity index (χ2n) is 6.01. The van der Waals surface area contributed by atoms with E-state index in [1.807, 2.05) is 6.07 Å². The smallest absolute Gasteiger partial charge is 0.261 e. The molecule has 0 radical (unpaired) electrons. The maximum atomic E-state index is 12.7. The highest BCUT2D eigenvalue weighted by molar-refractivity contribution is 5.75. The van der Waals surface area contributed by atoms with E-state index < -0.39 is 0 Å². The van der Waals surface area contributed by atoms with Crippen LogP contribution in [0.15, 0.2) is 59.9 Å². The zero-order valence-corrected chi connectivity index (χ0v) is 12.8. The Bertz CT molecular complexity index is 875. The fourth-order valence-corrected chi connectivity index (χ4v) is 3.27. The van der Waals surface area contributed by atoms with E-state index in [0.29, 0.717) is 10.9 Å². The Kier molecular flexibility index (Phi) is 3.63. The van der Waals surface area contributed by atoms with Crippen LogP contribution >= 0.6 is 0 Å². The average molecular weight is 306 g/mol. The molecule has 0 unspecified atom stereocenters. The fraction of sp³-hybridized carbons (Fsp3) is 0.278. The van der Waals surface area contributed by atoms with Gasteiger partial charge in [-0.25, -0.2) is 4.98 Å². The molecule has 2 aromatic heterocycles. The van der Waals surface area contributed by atoms with Crippen molar-refractivity contribution < 1.29 is 0 Å². The van der Waals surface area contributed by atoms with Crippen molar-refractivity contribution >= 4 is 10.9 Å². The first-order chi connectivity index (χ1) is 11.3. The van der Waals surface area contributed by atoms with E-state index in [-0.39, 0.29) is 11.6 Å². The second-order valence-corrected chi connectivity index (χ2v) is 6.01. The molecule has 3 heterocycles. The predicted molar refractivity (Wildman–Crippen MR) is 89.2 cm³/mol. The Labute approximate surface area is 134 Å². The minimum atomic E-state index is 0.0314. The zero-order valence-electron chi connectivity index (χ0n) is 12.8. The first-order valence-electron chi connectivity index (χ1n) is 7.88. The van der Waals surface area contributed by atoms with E-state index in [4.69, 9.17) is 0 Å². The van der Waals surface area contributed by atoms with Gasteiger partial charge in [-0.1, -0.05) is 30.3 Å². The molecular weight excluding hydrogens is 288 g/mol. The summed E-state index contributed by atoms with van der Waals surface area (Å²) in [6, 6.07) is 12.4. The van der Waals surface area contributed by atoms with Crippen LogP contribution < -0.4 is 5.56 Å². The molecule has 5 nitrogen and oxygen atoms in total. The lowest BCUT2D eigenvalue weighted by atomic mass is 10.2. The van der Waals surface area contributed by atoms with E-state index in [1.165, 1.54) is 5.56 Å². The quantitative estimate of drug-likeness (QED) is 0.744. The number of aromatic nitrogens is 3. The van der Waals surface area contributed by atoms with Crippen molar-refractivity contribution in [2.75, 3.05) is 13.1 Å². The highest BCUT2D eigenvalue weighted by Gasteiger charge is 2.25. The minimum absolute atomic E-state index is 0.0314. The van der Waals surface area contributed by atoms with Crippen molar-refractivity contribution in [1.29, 1.82) is 0 Å². The highest BCUT2D eigenvalue weighted by Crippen LogP contribution is 2.22. The molecule has 1 atom stereocenters. The molecule has 0 saturated carbocycles. The Hall–Kier alpha value is -2.53. The Morgan fingerprint density at radius 2 is 2.04 bits per heavy atom. The molecule has 0 spiro atoms. The van der Waals surface area contributed by atoms with Crippen LogP contribution in [-0.4, -0.2) is 32.5 Å². The number of likely N-dealkylation sites (tertiary alicyclic amines) is 1. The van der Waals surface area contributed by atoms with Gasteiger partial charge in [0, 0.05) is 25.8 Å². The molecular formula is C18H18N4O. The van der Waals surface area contributed by atoms with Crippen LogP contribution in [0.2, 0.25) is 0 Å². The molecule has 1 aromatic carbocycles. The number of hydrogen-bond donors (Lipinski definition) is 0. The molecule has 116 valence electrons. The summed E-state index contributed by atoms with van der Waals surface area (Å²) in [6.45, 7) is 2.81. The van der Waals surface area contributed by atoms with E-state index in [1.54, 1.807) is 29.4 Å². The van der Waals surface area contributed by atoms with Crippen LogP contribution in [0.1, 0.15) is 18.0 Å². The number of pyridine rings is 1. The third-order valence-corrected chi connectivity index (χ3v) is 4.48. The van der Waals surface area contributed by atoms with Crippen molar-refractivity contribution in [2.24, 2.45) is 0 Å². The summed E-state index contributed by atoms with van der Waals surface area (Å²) in [5, 5.41) is 0.643. The van der Waals surface area contributed by atoms with E-state index in [0.717, 1.165) is 26.1 Å². The Morgan fingerprint density at radius 1 is 1.17 bits per heavy atom. The lowest BCUT2D eigenvalue weighted by Gasteiger charge is -2.17. The summed E-state index contributed by atoms with van der Waals surface area (Å²) in [5.74, 6) is 0. The predicted octanol–water partition coefficient (Wildman–Crippen LogP) is 2.24. The number of nitrogens with zero attached hydrogens (tertiary/aromatic N) is 4. The molecule has 1 aliphatic rings. The van der Waals surface area contributed by atoms with Crippen LogP contribution in [0.25, 0.3) is 10.9 Å². The first kappa shape index (κ1) is 14.1. The SMILES string of the molecule is O=c1c2ccncc2ncn1[C@H]1CCN(Cc2ccccc2)C1. The zero-order chi connectivity index (χ0) is 15.6. The second kappa shape index (κ2) is 5.93. The Morgan fingerprint density at radius 3 is 2.91 bits per heavy atom. The van der Waals surface area contributed by atoms with Gasteiger partial charge >= 0.3 is 0 Å². The summed E-state index contributed by atoms with van der Waals surface area (Å²) >= 11 is 0. The molecule has 3 aromatic rings. The lowest BCUT2D eigenvalue weighted by molar-refractivity contribution is 0.315. The summed E-state index contributed by atoms with van der Waals surface area (Å²) in [4.78, 5) is 23.4. The van der Waals surface area contributed by atoms with Gasteiger partial charge < -0.3 is 0 Å². The van der Waals surface area contributed by atoms with Gasteiger partial charge in [0.05, 0.1) is 29.5 Å². The van der Waals surface area contributed by atoms with E-state index >= 15 is 0 Å². The first-order valence-corrected chi connectivity index (χ1v) is 7.88. The van der Waals surface area contributed by atoms with Gasteiger partial charge in [0.25, 0.3) is 5.56 Å². The van der Waals surface area contributed by atoms with E-state index in [2.05, 4.69) is 39.1 Å². The molecule has 0 aliphatic carbocycles. The molecule has 4 rings (SSSR count). The normalized spacial score (nSPS) is 18.5. The topological polar surface area (TPSA) is 51.0 Å². The average Bonchev–Trinajstić information content (AvgIpc) is 3.04. The van der Waals surface area contributed by atoms with Crippen LogP contribution in [-0.2, 0) is 6.54 Å². The molecule has 23 heavy (non-hydrogen) atoms. The van der Waals surface area contributed by atoms with Gasteiger partial charge in [-0.2, -0.15) is 0 Å². The van der Waals surface area contributed by atoms with Crippen molar-refractivity contribution in [3.05, 3.63) is 71.0 Å². The minimum Gasteiger partial charge on any atom is -0.297 e. The fourth-order valence-electron chi connectivity index (χ4n) is 3.27. The van der Waals surface area contributed by atoms with Crippen molar-refractivity contribution in [1.82, 2.24) is 19.4 Å². The summed E-state index contributed by atoms with van der Waals surface area (Å²) in [5.41, 5.74) is 2.00. The molecule has 1 saturated heterocycles. The molecule has 1 aliphatic heterocycles. The number of hydrogen-bond acceptors (Lipinski definition) is 4. The summed E-state index contributed by atoms with van der Waals surface area (Å²) in [6.07, 6.45) is 5.93. The standard InChI is InChI=1S/C18H18N4O/c23-18-16-6-8-19-10-17(16)20-13-22(18)15-7-9-21(12-15)11-14-4-2-1-3-5-14/h1-6,8,10,13,15H,7,9,11-12H2/t15-/m0/s1. The highest BCUT2D eigenvalue weighted by atomic mass is 16.1. The van der Waals surface area contributed by atoms with Gasteiger partial charge in [-0.05, 0) is 18.1 Å². The third-order valence-electron chi connectivity index (χ3n) is 4.48. The number of rotatable bonds is 3. The van der Waals surface area contributed by atoms with Gasteiger partial charge in [-0.15, -0.1) is 0 Å². The molecule has 0 N–H and O–H groups in total. The van der Waals surface area contributed by atoms with Crippen molar-refractivity contribution in [3.63, 3.8) is 0 Å². The molecule has 0 amide bonds. The largest absolute Gasteiger partial charge is 0.297 e. The Balaban J connectivity index is 1.56. The van der Waals surface area contributed by atoms with Gasteiger partial charge in [-0.3, -0.25) is 19.2 Å². The third kappa shape index (κ3) is 2.75. The molecule has 5 heteroatoms. The van der Waals surface area contributed by atoms with Gasteiger partial charge in [0.15, 0.2) is 0 Å². The number of benzene rings is 1. The van der Waals surface area contributed by atoms with Crippen LogP contribution in [0.3, 0.4) is 0 Å². The van der Waals surface area contributed by atoms with E-state index in [9.17, 15) is 4.79 Å². The van der Waals surface area contributed by atoms with Crippen LogP contribution in [0.4, 0.5) is 0 Å². The molecule has 0 bridgehead atoms. The molecule has 1 fully saturated rings. The summed E-state index contributed by atoms with van der Waals surface area (Å²) < 4.78 is 1.79. The van der Waals surface area contributed by atoms with Gasteiger partial charge in [0.1, 0.15) is 0 Å². The van der Waals surface area contributed by atoms with Crippen LogP contribution in [0.5, 0.6) is 0 Å². The van der Waals surface area contributed by atoms with Crippen LogP contribution in [0, 0.1) is 0 Å².